The van der Waals surface area contributed by atoms with Crippen LogP contribution >= 0.6 is 0 Å². The summed E-state index contributed by atoms with van der Waals surface area (Å²) in [7, 11) is 1.66. The molecule has 1 aliphatic heterocycles. The van der Waals surface area contributed by atoms with Gasteiger partial charge in [-0.1, -0.05) is 12.1 Å². The van der Waals surface area contributed by atoms with Crippen LogP contribution in [-0.4, -0.2) is 29.8 Å². The van der Waals surface area contributed by atoms with E-state index in [4.69, 9.17) is 19.7 Å². The molecular weight excluding hydrogens is 328 g/mol. The third kappa shape index (κ3) is 3.15. The van der Waals surface area contributed by atoms with Crippen molar-refractivity contribution in [1.29, 1.82) is 5.26 Å². The quantitative estimate of drug-likeness (QED) is 0.768. The van der Waals surface area contributed by atoms with E-state index < -0.39 is 0 Å². The molecule has 0 amide bonds. The number of benzene rings is 2. The lowest BCUT2D eigenvalue weighted by atomic mass is 10.1. The van der Waals surface area contributed by atoms with Gasteiger partial charge in [-0.3, -0.25) is 0 Å². The second-order valence-electron chi connectivity index (χ2n) is 6.36. The number of nitriles is 1. The van der Waals surface area contributed by atoms with Crippen LogP contribution in [0.4, 0.5) is 0 Å². The standard InChI is InChI=1S/C20H20N4O2/c1-25-17-6-7-19-18(8-17)23-20-13-26-12-16(24(19)20)11-22-10-15-4-2-14(9-21)3-5-15/h2-8,16,22H,10-13H2,1H3/t16-/m0/s1. The molecule has 0 fully saturated rings. The van der Waals surface area contributed by atoms with Crippen LogP contribution in [0.5, 0.6) is 5.75 Å². The maximum Gasteiger partial charge on any atom is 0.136 e. The summed E-state index contributed by atoms with van der Waals surface area (Å²) in [5.74, 6) is 1.76. The number of imidazole rings is 1. The fourth-order valence-electron chi connectivity index (χ4n) is 3.36. The molecule has 3 aromatic rings. The van der Waals surface area contributed by atoms with Crippen molar-refractivity contribution in [3.63, 3.8) is 0 Å². The lowest BCUT2D eigenvalue weighted by Gasteiger charge is -2.26. The van der Waals surface area contributed by atoms with Gasteiger partial charge in [0.15, 0.2) is 0 Å². The summed E-state index contributed by atoms with van der Waals surface area (Å²) >= 11 is 0. The predicted molar refractivity (Wildman–Crippen MR) is 97.8 cm³/mol. The zero-order valence-corrected chi connectivity index (χ0v) is 14.6. The lowest BCUT2D eigenvalue weighted by Crippen LogP contribution is -2.32. The highest BCUT2D eigenvalue weighted by Gasteiger charge is 2.23. The molecule has 6 heteroatoms. The van der Waals surface area contributed by atoms with Crippen LogP contribution in [0.3, 0.4) is 0 Å². The van der Waals surface area contributed by atoms with Crippen LogP contribution in [0.25, 0.3) is 11.0 Å². The topological polar surface area (TPSA) is 72.1 Å². The minimum atomic E-state index is 0.190. The smallest absolute Gasteiger partial charge is 0.136 e. The number of hydrogen-bond donors (Lipinski definition) is 1. The van der Waals surface area contributed by atoms with Crippen LogP contribution < -0.4 is 10.1 Å². The Bertz CT molecular complexity index is 956. The first-order valence-corrected chi connectivity index (χ1v) is 8.61. The van der Waals surface area contributed by atoms with Gasteiger partial charge in [0.2, 0.25) is 0 Å². The number of ether oxygens (including phenoxy) is 2. The Kier molecular flexibility index (Phi) is 4.57. The molecule has 1 N–H and O–H groups in total. The van der Waals surface area contributed by atoms with Crippen molar-refractivity contribution in [1.82, 2.24) is 14.9 Å². The van der Waals surface area contributed by atoms with Crippen LogP contribution in [0, 0.1) is 11.3 Å². The van der Waals surface area contributed by atoms with Gasteiger partial charge in [-0.25, -0.2) is 4.98 Å². The molecule has 1 atom stereocenters. The van der Waals surface area contributed by atoms with Crippen molar-refractivity contribution in [2.45, 2.75) is 19.2 Å². The van der Waals surface area contributed by atoms with Crippen molar-refractivity contribution in [2.24, 2.45) is 0 Å². The minimum absolute atomic E-state index is 0.190. The maximum absolute atomic E-state index is 8.87. The van der Waals surface area contributed by atoms with Crippen LogP contribution in [0.2, 0.25) is 0 Å². The Hall–Kier alpha value is -2.88. The van der Waals surface area contributed by atoms with E-state index in [9.17, 15) is 0 Å². The third-order valence-corrected chi connectivity index (χ3v) is 4.67. The number of nitrogens with zero attached hydrogens (tertiary/aromatic N) is 3. The third-order valence-electron chi connectivity index (χ3n) is 4.67. The number of aromatic nitrogens is 2. The first kappa shape index (κ1) is 16.6. The van der Waals surface area contributed by atoms with E-state index in [0.717, 1.165) is 41.3 Å². The monoisotopic (exact) mass is 348 g/mol. The zero-order valence-electron chi connectivity index (χ0n) is 14.6. The molecule has 2 heterocycles. The van der Waals surface area contributed by atoms with Crippen LogP contribution in [0.1, 0.15) is 23.0 Å². The van der Waals surface area contributed by atoms with Crippen molar-refractivity contribution in [2.75, 3.05) is 20.3 Å². The molecular formula is C20H20N4O2. The van der Waals surface area contributed by atoms with Crippen molar-refractivity contribution < 1.29 is 9.47 Å². The summed E-state index contributed by atoms with van der Waals surface area (Å²) < 4.78 is 13.3. The number of hydrogen-bond acceptors (Lipinski definition) is 5. The van der Waals surface area contributed by atoms with E-state index in [1.165, 1.54) is 0 Å². The normalized spacial score (nSPS) is 16.2. The van der Waals surface area contributed by atoms with E-state index in [-0.39, 0.29) is 6.04 Å². The average molecular weight is 348 g/mol. The average Bonchev–Trinajstić information content (AvgIpc) is 3.07. The fourth-order valence-corrected chi connectivity index (χ4v) is 3.36. The second-order valence-corrected chi connectivity index (χ2v) is 6.36. The molecule has 26 heavy (non-hydrogen) atoms. The summed E-state index contributed by atoms with van der Waals surface area (Å²) in [6, 6.07) is 16.0. The number of rotatable bonds is 5. The molecule has 2 aromatic carbocycles. The van der Waals surface area contributed by atoms with Crippen molar-refractivity contribution in [3.8, 4) is 11.8 Å². The summed E-state index contributed by atoms with van der Waals surface area (Å²) in [5.41, 5.74) is 3.87. The number of methoxy groups -OCH3 is 1. The van der Waals surface area contributed by atoms with Gasteiger partial charge < -0.3 is 19.4 Å². The fraction of sp³-hybridized carbons (Fsp3) is 0.300. The summed E-state index contributed by atoms with van der Waals surface area (Å²) in [6.07, 6.45) is 0. The van der Waals surface area contributed by atoms with Crippen LogP contribution in [0.15, 0.2) is 42.5 Å². The first-order chi connectivity index (χ1) is 12.8. The summed E-state index contributed by atoms with van der Waals surface area (Å²) in [6.45, 7) is 2.72. The lowest BCUT2D eigenvalue weighted by molar-refractivity contribution is 0.0564. The van der Waals surface area contributed by atoms with Gasteiger partial charge in [-0.15, -0.1) is 0 Å². The predicted octanol–water partition coefficient (Wildman–Crippen LogP) is 2.78. The van der Waals surface area contributed by atoms with Gasteiger partial charge in [0.1, 0.15) is 18.2 Å². The van der Waals surface area contributed by atoms with E-state index in [1.54, 1.807) is 7.11 Å². The molecule has 132 valence electrons. The van der Waals surface area contributed by atoms with Gasteiger partial charge in [0, 0.05) is 19.2 Å². The van der Waals surface area contributed by atoms with Gasteiger partial charge in [0.05, 0.1) is 42.4 Å². The second kappa shape index (κ2) is 7.16. The summed E-state index contributed by atoms with van der Waals surface area (Å²) in [5, 5.41) is 12.4. The molecule has 1 aromatic heterocycles. The molecule has 1 aliphatic rings. The molecule has 0 unspecified atom stereocenters. The van der Waals surface area contributed by atoms with E-state index >= 15 is 0 Å². The van der Waals surface area contributed by atoms with Crippen molar-refractivity contribution in [3.05, 3.63) is 59.4 Å². The van der Waals surface area contributed by atoms with E-state index in [0.29, 0.717) is 18.8 Å². The first-order valence-electron chi connectivity index (χ1n) is 8.61. The Labute approximate surface area is 152 Å². The van der Waals surface area contributed by atoms with E-state index in [2.05, 4.69) is 22.0 Å². The Balaban J connectivity index is 1.49. The molecule has 0 aliphatic carbocycles. The highest BCUT2D eigenvalue weighted by Crippen LogP contribution is 2.28. The van der Waals surface area contributed by atoms with Gasteiger partial charge in [0.25, 0.3) is 0 Å². The Morgan fingerprint density at radius 1 is 1.31 bits per heavy atom. The Morgan fingerprint density at radius 3 is 2.92 bits per heavy atom. The van der Waals surface area contributed by atoms with Gasteiger partial charge in [-0.2, -0.15) is 5.26 Å². The SMILES string of the molecule is COc1ccc2c(c1)nc1n2[C@@H](CNCc2ccc(C#N)cc2)COC1. The van der Waals surface area contributed by atoms with Crippen molar-refractivity contribution >= 4 is 11.0 Å². The summed E-state index contributed by atoms with van der Waals surface area (Å²) in [4.78, 5) is 4.70. The van der Waals surface area contributed by atoms with Gasteiger partial charge >= 0.3 is 0 Å². The molecule has 0 saturated carbocycles. The molecule has 6 nitrogen and oxygen atoms in total. The van der Waals surface area contributed by atoms with Gasteiger partial charge in [-0.05, 0) is 29.8 Å². The van der Waals surface area contributed by atoms with E-state index in [1.807, 2.05) is 36.4 Å². The number of fused-ring (bicyclic) bond motifs is 3. The van der Waals surface area contributed by atoms with Crippen LogP contribution in [-0.2, 0) is 17.9 Å². The molecule has 0 saturated heterocycles. The minimum Gasteiger partial charge on any atom is -0.497 e. The largest absolute Gasteiger partial charge is 0.497 e. The molecule has 4 rings (SSSR count). The molecule has 0 bridgehead atoms. The highest BCUT2D eigenvalue weighted by molar-refractivity contribution is 5.78. The number of nitrogens with one attached hydrogen (secondary N) is 1. The highest BCUT2D eigenvalue weighted by atomic mass is 16.5. The maximum atomic E-state index is 8.87. The molecule has 0 spiro atoms. The Morgan fingerprint density at radius 2 is 2.15 bits per heavy atom. The molecule has 0 radical (unpaired) electrons. The zero-order chi connectivity index (χ0) is 17.9.